The van der Waals surface area contributed by atoms with Gasteiger partial charge < -0.3 is 0 Å². The van der Waals surface area contributed by atoms with Gasteiger partial charge in [-0.25, -0.2) is 13.6 Å². The summed E-state index contributed by atoms with van der Waals surface area (Å²) in [5.41, 5.74) is 0.729. The number of nitrogens with two attached hydrogens (primary N) is 1. The van der Waals surface area contributed by atoms with Crippen LogP contribution in [0.4, 0.5) is 0 Å². The summed E-state index contributed by atoms with van der Waals surface area (Å²) >= 11 is 0. The molecule has 6 nitrogen and oxygen atoms in total. The number of hydrogen-bond acceptors (Lipinski definition) is 4. The van der Waals surface area contributed by atoms with Crippen molar-refractivity contribution < 1.29 is 8.42 Å². The number of rotatable bonds is 3. The predicted octanol–water partition coefficient (Wildman–Crippen LogP) is 1.96. The fraction of sp³-hybridized carbons (Fsp3) is 0.429. The van der Waals surface area contributed by atoms with Gasteiger partial charge in [0.25, 0.3) is 15.2 Å². The zero-order chi connectivity index (χ0) is 14.9. The lowest BCUT2D eigenvalue weighted by Gasteiger charge is -2.21. The third-order valence-corrected chi connectivity index (χ3v) is 4.67. The largest absolute Gasteiger partial charge is 0.274 e. The molecule has 2 N–H and O–H groups in total. The fourth-order valence-corrected chi connectivity index (χ4v) is 3.52. The molecule has 21 heavy (non-hydrogen) atoms. The molecular formula is C14H18N4O2S. The molecule has 0 aliphatic heterocycles. The summed E-state index contributed by atoms with van der Waals surface area (Å²) < 4.78 is 25.1. The van der Waals surface area contributed by atoms with Crippen molar-refractivity contribution in [2.45, 2.75) is 43.2 Å². The van der Waals surface area contributed by atoms with Crippen molar-refractivity contribution in [3.05, 3.63) is 36.2 Å². The molecule has 112 valence electrons. The van der Waals surface area contributed by atoms with Crippen LogP contribution in [0, 0.1) is 0 Å². The molecule has 0 unspecified atom stereocenters. The van der Waals surface area contributed by atoms with E-state index in [0.29, 0.717) is 5.82 Å². The Balaban J connectivity index is 2.15. The zero-order valence-corrected chi connectivity index (χ0v) is 12.5. The second-order valence-electron chi connectivity index (χ2n) is 5.39. The Morgan fingerprint density at radius 3 is 2.33 bits per heavy atom. The molecule has 1 aliphatic carbocycles. The van der Waals surface area contributed by atoms with Crippen LogP contribution in [0.2, 0.25) is 0 Å². The Hall–Kier alpha value is -1.73. The van der Waals surface area contributed by atoms with Gasteiger partial charge in [0.15, 0.2) is 0 Å². The second kappa shape index (κ2) is 5.57. The van der Waals surface area contributed by atoms with Crippen LogP contribution >= 0.6 is 0 Å². The highest BCUT2D eigenvalue weighted by molar-refractivity contribution is 7.89. The van der Waals surface area contributed by atoms with E-state index in [1.165, 1.54) is 6.42 Å². The standard InChI is InChI=1S/C14H18N4O2S/c15-21(19,20)14-17-16-13(11-7-3-1-4-8-11)18(14)12-9-5-2-6-10-12/h2,5-6,9-11H,1,3-4,7-8H2,(H2,15,19,20). The van der Waals surface area contributed by atoms with Gasteiger partial charge in [-0.15, -0.1) is 10.2 Å². The molecule has 1 fully saturated rings. The average molecular weight is 306 g/mol. The van der Waals surface area contributed by atoms with Gasteiger partial charge in [0.1, 0.15) is 5.82 Å². The zero-order valence-electron chi connectivity index (χ0n) is 11.6. The van der Waals surface area contributed by atoms with Gasteiger partial charge in [0, 0.05) is 11.6 Å². The molecule has 0 bridgehead atoms. The van der Waals surface area contributed by atoms with Gasteiger partial charge in [0.05, 0.1) is 0 Å². The molecule has 2 aromatic rings. The van der Waals surface area contributed by atoms with Crippen molar-refractivity contribution in [3.8, 4) is 5.69 Å². The summed E-state index contributed by atoms with van der Waals surface area (Å²) in [5.74, 6) is 0.937. The molecule has 3 rings (SSSR count). The second-order valence-corrected chi connectivity index (χ2v) is 6.85. The van der Waals surface area contributed by atoms with E-state index in [4.69, 9.17) is 5.14 Å². The Labute approximate surface area is 124 Å². The van der Waals surface area contributed by atoms with Crippen LogP contribution in [-0.2, 0) is 10.0 Å². The van der Waals surface area contributed by atoms with Crippen molar-refractivity contribution in [1.29, 1.82) is 0 Å². The summed E-state index contributed by atoms with van der Waals surface area (Å²) in [6.45, 7) is 0. The smallest absolute Gasteiger partial charge is 0.268 e. The number of hydrogen-bond donors (Lipinski definition) is 1. The first-order valence-electron chi connectivity index (χ1n) is 7.11. The van der Waals surface area contributed by atoms with Crippen LogP contribution in [-0.4, -0.2) is 23.2 Å². The van der Waals surface area contributed by atoms with Gasteiger partial charge >= 0.3 is 0 Å². The van der Waals surface area contributed by atoms with Gasteiger partial charge in [-0.1, -0.05) is 37.5 Å². The van der Waals surface area contributed by atoms with E-state index < -0.39 is 10.0 Å². The number of nitrogens with zero attached hydrogens (tertiary/aromatic N) is 3. The van der Waals surface area contributed by atoms with Gasteiger partial charge in [-0.05, 0) is 25.0 Å². The molecule has 0 amide bonds. The molecule has 1 aromatic heterocycles. The Kier molecular flexibility index (Phi) is 3.77. The van der Waals surface area contributed by atoms with Crippen molar-refractivity contribution in [2.24, 2.45) is 5.14 Å². The highest BCUT2D eigenvalue weighted by Crippen LogP contribution is 2.33. The third-order valence-electron chi connectivity index (χ3n) is 3.90. The lowest BCUT2D eigenvalue weighted by atomic mass is 9.88. The molecule has 1 aromatic carbocycles. The first kappa shape index (κ1) is 14.2. The third kappa shape index (κ3) is 2.84. The van der Waals surface area contributed by atoms with E-state index in [2.05, 4.69) is 10.2 Å². The van der Waals surface area contributed by atoms with Crippen LogP contribution in [0.3, 0.4) is 0 Å². The number of aromatic nitrogens is 3. The number of para-hydroxylation sites is 1. The fourth-order valence-electron chi connectivity index (χ4n) is 2.91. The first-order chi connectivity index (χ1) is 10.1. The van der Waals surface area contributed by atoms with Crippen molar-refractivity contribution in [1.82, 2.24) is 14.8 Å². The Bertz CT molecular complexity index is 719. The van der Waals surface area contributed by atoms with Crippen LogP contribution in [0.1, 0.15) is 43.8 Å². The van der Waals surface area contributed by atoms with E-state index in [1.54, 1.807) is 4.57 Å². The summed E-state index contributed by atoms with van der Waals surface area (Å²) in [4.78, 5) is 0. The van der Waals surface area contributed by atoms with Gasteiger partial charge in [0.2, 0.25) is 0 Å². The van der Waals surface area contributed by atoms with Crippen LogP contribution in [0.15, 0.2) is 35.5 Å². The molecule has 1 aliphatic rings. The van der Waals surface area contributed by atoms with Gasteiger partial charge in [-0.2, -0.15) is 0 Å². The van der Waals surface area contributed by atoms with E-state index in [1.807, 2.05) is 30.3 Å². The highest BCUT2D eigenvalue weighted by atomic mass is 32.2. The topological polar surface area (TPSA) is 90.9 Å². The predicted molar refractivity (Wildman–Crippen MR) is 78.6 cm³/mol. The molecule has 0 spiro atoms. The summed E-state index contributed by atoms with van der Waals surface area (Å²) in [5, 5.41) is 13.1. The summed E-state index contributed by atoms with van der Waals surface area (Å²) in [6.07, 6.45) is 5.51. The van der Waals surface area contributed by atoms with E-state index in [9.17, 15) is 8.42 Å². The van der Waals surface area contributed by atoms with Crippen LogP contribution < -0.4 is 5.14 Å². The van der Waals surface area contributed by atoms with Crippen molar-refractivity contribution >= 4 is 10.0 Å². The molecular weight excluding hydrogens is 288 g/mol. The average Bonchev–Trinajstić information content (AvgIpc) is 2.94. The minimum atomic E-state index is -3.91. The molecule has 0 saturated heterocycles. The maximum absolute atomic E-state index is 11.8. The molecule has 0 radical (unpaired) electrons. The lowest BCUT2D eigenvalue weighted by molar-refractivity contribution is 0.423. The Morgan fingerprint density at radius 2 is 1.71 bits per heavy atom. The molecule has 1 heterocycles. The Morgan fingerprint density at radius 1 is 1.05 bits per heavy atom. The van der Waals surface area contributed by atoms with E-state index >= 15 is 0 Å². The molecule has 7 heteroatoms. The normalized spacial score (nSPS) is 17.0. The monoisotopic (exact) mass is 306 g/mol. The minimum Gasteiger partial charge on any atom is -0.268 e. The lowest BCUT2D eigenvalue weighted by Crippen LogP contribution is -2.20. The summed E-state index contributed by atoms with van der Waals surface area (Å²) in [7, 11) is -3.91. The van der Waals surface area contributed by atoms with E-state index in [-0.39, 0.29) is 11.1 Å². The number of sulfonamides is 1. The SMILES string of the molecule is NS(=O)(=O)c1nnc(C2CCCCC2)n1-c1ccccc1. The van der Waals surface area contributed by atoms with E-state index in [0.717, 1.165) is 31.4 Å². The minimum absolute atomic E-state index is 0.186. The van der Waals surface area contributed by atoms with Gasteiger partial charge in [-0.3, -0.25) is 4.57 Å². The summed E-state index contributed by atoms with van der Waals surface area (Å²) in [6, 6.07) is 9.26. The maximum Gasteiger partial charge on any atom is 0.274 e. The maximum atomic E-state index is 11.8. The van der Waals surface area contributed by atoms with Crippen molar-refractivity contribution in [2.75, 3.05) is 0 Å². The molecule has 0 atom stereocenters. The first-order valence-corrected chi connectivity index (χ1v) is 8.65. The van der Waals surface area contributed by atoms with Crippen LogP contribution in [0.25, 0.3) is 5.69 Å². The number of primary sulfonamides is 1. The van der Waals surface area contributed by atoms with Crippen LogP contribution in [0.5, 0.6) is 0 Å². The highest BCUT2D eigenvalue weighted by Gasteiger charge is 2.27. The quantitative estimate of drug-likeness (QED) is 0.938. The van der Waals surface area contributed by atoms with Crippen molar-refractivity contribution in [3.63, 3.8) is 0 Å². The number of benzene rings is 1. The molecule has 1 saturated carbocycles.